The molecule has 0 bridgehead atoms. The molecule has 0 aliphatic heterocycles. The average Bonchev–Trinajstić information content (AvgIpc) is 2.72. The fourth-order valence-corrected chi connectivity index (χ4v) is 3.48. The van der Waals surface area contributed by atoms with Gasteiger partial charge in [-0.1, -0.05) is 77.5 Å². The molecule has 0 saturated heterocycles. The molecule has 4 rings (SSSR count). The fraction of sp³-hybridized carbons (Fsp3) is 0.0833. The molecule has 28 heavy (non-hydrogen) atoms. The van der Waals surface area contributed by atoms with Gasteiger partial charge in [-0.05, 0) is 38.1 Å². The number of rotatable bonds is 5. The molecular formula is C24H20N2OS. The highest BCUT2D eigenvalue weighted by molar-refractivity contribution is 7.99. The van der Waals surface area contributed by atoms with E-state index in [-0.39, 0.29) is 0 Å². The number of benzene rings is 3. The van der Waals surface area contributed by atoms with Crippen LogP contribution in [0.25, 0.3) is 11.4 Å². The zero-order valence-corrected chi connectivity index (χ0v) is 16.6. The molecule has 4 aromatic rings. The molecule has 138 valence electrons. The van der Waals surface area contributed by atoms with Crippen molar-refractivity contribution in [3.8, 4) is 23.0 Å². The number of hydrogen-bond donors (Lipinski definition) is 0. The van der Waals surface area contributed by atoms with E-state index in [1.165, 1.54) is 11.1 Å². The van der Waals surface area contributed by atoms with Gasteiger partial charge in [-0.3, -0.25) is 0 Å². The van der Waals surface area contributed by atoms with E-state index in [9.17, 15) is 0 Å². The normalized spacial score (nSPS) is 10.6. The molecule has 0 saturated carbocycles. The van der Waals surface area contributed by atoms with Crippen molar-refractivity contribution in [1.29, 1.82) is 0 Å². The van der Waals surface area contributed by atoms with Gasteiger partial charge in [0.1, 0.15) is 10.8 Å². The van der Waals surface area contributed by atoms with Crippen LogP contribution in [0.1, 0.15) is 11.1 Å². The van der Waals surface area contributed by atoms with E-state index < -0.39 is 0 Å². The minimum atomic E-state index is 0.535. The van der Waals surface area contributed by atoms with E-state index >= 15 is 0 Å². The van der Waals surface area contributed by atoms with Gasteiger partial charge >= 0.3 is 0 Å². The fourth-order valence-electron chi connectivity index (χ4n) is 2.68. The second-order valence-corrected chi connectivity index (χ2v) is 7.66. The van der Waals surface area contributed by atoms with E-state index in [1.807, 2.05) is 60.7 Å². The molecule has 1 heterocycles. The Labute approximate surface area is 169 Å². The standard InChI is InChI=1S/C24H20N2OS/c1-17-8-12-20(13-9-17)27-22-16-23(28-21-14-10-18(2)11-15-21)26-24(25-22)19-6-4-3-5-7-19/h3-16H,1-2H3. The summed E-state index contributed by atoms with van der Waals surface area (Å²) in [4.78, 5) is 10.5. The van der Waals surface area contributed by atoms with Gasteiger partial charge < -0.3 is 4.74 Å². The van der Waals surface area contributed by atoms with E-state index in [4.69, 9.17) is 9.72 Å². The highest BCUT2D eigenvalue weighted by Crippen LogP contribution is 2.32. The lowest BCUT2D eigenvalue weighted by Crippen LogP contribution is -1.95. The third-order valence-corrected chi connectivity index (χ3v) is 5.12. The topological polar surface area (TPSA) is 35.0 Å². The zero-order valence-electron chi connectivity index (χ0n) is 15.8. The zero-order chi connectivity index (χ0) is 19.3. The van der Waals surface area contributed by atoms with Crippen LogP contribution >= 0.6 is 11.8 Å². The maximum Gasteiger partial charge on any atom is 0.223 e. The summed E-state index contributed by atoms with van der Waals surface area (Å²) in [5.74, 6) is 1.95. The summed E-state index contributed by atoms with van der Waals surface area (Å²) in [5.41, 5.74) is 3.39. The predicted octanol–water partition coefficient (Wildman–Crippen LogP) is 6.70. The quantitative estimate of drug-likeness (QED) is 0.358. The van der Waals surface area contributed by atoms with Crippen molar-refractivity contribution >= 4 is 11.8 Å². The Morgan fingerprint density at radius 3 is 2.04 bits per heavy atom. The van der Waals surface area contributed by atoms with Gasteiger partial charge in [0.2, 0.25) is 5.88 Å². The van der Waals surface area contributed by atoms with Gasteiger partial charge in [0.15, 0.2) is 5.82 Å². The number of hydrogen-bond acceptors (Lipinski definition) is 4. The van der Waals surface area contributed by atoms with Crippen molar-refractivity contribution in [3.05, 3.63) is 96.1 Å². The van der Waals surface area contributed by atoms with Gasteiger partial charge in [-0.2, -0.15) is 4.98 Å². The third-order valence-electron chi connectivity index (χ3n) is 4.20. The van der Waals surface area contributed by atoms with Crippen molar-refractivity contribution in [2.24, 2.45) is 0 Å². The molecule has 0 radical (unpaired) electrons. The average molecular weight is 385 g/mol. The Balaban J connectivity index is 1.70. The van der Waals surface area contributed by atoms with Crippen LogP contribution < -0.4 is 4.74 Å². The summed E-state index contributed by atoms with van der Waals surface area (Å²) in [6.45, 7) is 4.14. The van der Waals surface area contributed by atoms with Crippen LogP contribution in [0.3, 0.4) is 0 Å². The lowest BCUT2D eigenvalue weighted by atomic mass is 10.2. The van der Waals surface area contributed by atoms with Crippen LogP contribution in [0.2, 0.25) is 0 Å². The molecule has 3 aromatic carbocycles. The number of aryl methyl sites for hydroxylation is 2. The highest BCUT2D eigenvalue weighted by atomic mass is 32.2. The van der Waals surface area contributed by atoms with Crippen LogP contribution in [0.4, 0.5) is 0 Å². The third kappa shape index (κ3) is 4.59. The Bertz CT molecular complexity index is 996. The van der Waals surface area contributed by atoms with E-state index in [2.05, 4.69) is 43.1 Å². The number of ether oxygens (including phenoxy) is 1. The van der Waals surface area contributed by atoms with E-state index in [1.54, 1.807) is 11.8 Å². The summed E-state index contributed by atoms with van der Waals surface area (Å²) in [5, 5.41) is 0.847. The summed E-state index contributed by atoms with van der Waals surface area (Å²) >= 11 is 1.60. The molecule has 0 N–H and O–H groups in total. The first-order valence-electron chi connectivity index (χ1n) is 9.09. The summed E-state index contributed by atoms with van der Waals surface area (Å²) < 4.78 is 6.03. The van der Waals surface area contributed by atoms with Crippen molar-refractivity contribution < 1.29 is 4.74 Å². The van der Waals surface area contributed by atoms with Gasteiger partial charge in [0, 0.05) is 16.5 Å². The maximum absolute atomic E-state index is 6.03. The second-order valence-electron chi connectivity index (χ2n) is 6.56. The highest BCUT2D eigenvalue weighted by Gasteiger charge is 2.10. The summed E-state index contributed by atoms with van der Waals surface area (Å²) in [6, 6.07) is 28.2. The van der Waals surface area contributed by atoms with Crippen LogP contribution in [-0.4, -0.2) is 9.97 Å². The number of aromatic nitrogens is 2. The molecule has 1 aromatic heterocycles. The summed E-state index contributed by atoms with van der Waals surface area (Å²) in [6.07, 6.45) is 0. The van der Waals surface area contributed by atoms with E-state index in [0.717, 1.165) is 21.2 Å². The Morgan fingerprint density at radius 1 is 0.714 bits per heavy atom. The summed E-state index contributed by atoms with van der Waals surface area (Å²) in [7, 11) is 0. The Kier molecular flexibility index (Phi) is 5.40. The predicted molar refractivity (Wildman–Crippen MR) is 114 cm³/mol. The van der Waals surface area contributed by atoms with Crippen molar-refractivity contribution in [3.63, 3.8) is 0 Å². The SMILES string of the molecule is Cc1ccc(Oc2cc(Sc3ccc(C)cc3)nc(-c3ccccc3)n2)cc1. The Morgan fingerprint density at radius 2 is 1.36 bits per heavy atom. The molecular weight excluding hydrogens is 364 g/mol. The lowest BCUT2D eigenvalue weighted by molar-refractivity contribution is 0.460. The van der Waals surface area contributed by atoms with Crippen molar-refractivity contribution in [2.45, 2.75) is 23.8 Å². The van der Waals surface area contributed by atoms with Crippen molar-refractivity contribution in [2.75, 3.05) is 0 Å². The smallest absolute Gasteiger partial charge is 0.223 e. The molecule has 0 amide bonds. The second kappa shape index (κ2) is 8.28. The molecule has 3 nitrogen and oxygen atoms in total. The van der Waals surface area contributed by atoms with Crippen LogP contribution in [0.5, 0.6) is 11.6 Å². The van der Waals surface area contributed by atoms with Gasteiger partial charge in [0.05, 0.1) is 0 Å². The maximum atomic E-state index is 6.03. The van der Waals surface area contributed by atoms with Crippen LogP contribution in [-0.2, 0) is 0 Å². The largest absolute Gasteiger partial charge is 0.439 e. The molecule has 0 atom stereocenters. The minimum Gasteiger partial charge on any atom is -0.439 e. The van der Waals surface area contributed by atoms with Gasteiger partial charge in [-0.25, -0.2) is 4.98 Å². The molecule has 0 aliphatic carbocycles. The van der Waals surface area contributed by atoms with Gasteiger partial charge in [-0.15, -0.1) is 0 Å². The molecule has 0 fully saturated rings. The van der Waals surface area contributed by atoms with Gasteiger partial charge in [0.25, 0.3) is 0 Å². The van der Waals surface area contributed by atoms with Crippen LogP contribution in [0, 0.1) is 13.8 Å². The molecule has 4 heteroatoms. The molecule has 0 unspecified atom stereocenters. The lowest BCUT2D eigenvalue weighted by Gasteiger charge is -2.10. The van der Waals surface area contributed by atoms with Crippen molar-refractivity contribution in [1.82, 2.24) is 9.97 Å². The Hall–Kier alpha value is -3.11. The minimum absolute atomic E-state index is 0.535. The monoisotopic (exact) mass is 384 g/mol. The molecule has 0 aliphatic rings. The van der Waals surface area contributed by atoms with Crippen LogP contribution in [0.15, 0.2) is 94.9 Å². The first kappa shape index (κ1) is 18.3. The van der Waals surface area contributed by atoms with E-state index in [0.29, 0.717) is 11.7 Å². The first-order valence-corrected chi connectivity index (χ1v) is 9.91. The first-order chi connectivity index (χ1) is 13.7. The molecule has 0 spiro atoms. The number of nitrogens with zero attached hydrogens (tertiary/aromatic N) is 2.